The second-order valence-electron chi connectivity index (χ2n) is 8.80. The SMILES string of the molecule is CN(Cc1ccccc1)C(=O)[C@@H](C1CCCC1)N1CCN(C(=O)C2CC2)CC1. The summed E-state index contributed by atoms with van der Waals surface area (Å²) >= 11 is 0. The zero-order valence-corrected chi connectivity index (χ0v) is 17.1. The molecule has 0 spiro atoms. The summed E-state index contributed by atoms with van der Waals surface area (Å²) in [5.41, 5.74) is 1.17. The van der Waals surface area contributed by atoms with E-state index in [1.807, 2.05) is 35.0 Å². The van der Waals surface area contributed by atoms with E-state index in [1.54, 1.807) is 0 Å². The lowest BCUT2D eigenvalue weighted by Gasteiger charge is -2.42. The molecule has 28 heavy (non-hydrogen) atoms. The van der Waals surface area contributed by atoms with E-state index in [0.29, 0.717) is 18.4 Å². The van der Waals surface area contributed by atoms with Crippen molar-refractivity contribution in [2.45, 2.75) is 51.1 Å². The molecule has 3 aliphatic rings. The molecule has 0 radical (unpaired) electrons. The lowest BCUT2D eigenvalue weighted by molar-refractivity contribution is -0.141. The third-order valence-electron chi connectivity index (χ3n) is 6.68. The van der Waals surface area contributed by atoms with Crippen LogP contribution in [-0.2, 0) is 16.1 Å². The molecule has 1 aromatic carbocycles. The number of carbonyl (C=O) groups is 2. The maximum absolute atomic E-state index is 13.5. The molecule has 0 N–H and O–H groups in total. The van der Waals surface area contributed by atoms with Crippen LogP contribution in [0.2, 0.25) is 0 Å². The van der Waals surface area contributed by atoms with Gasteiger partial charge in [0.1, 0.15) is 0 Å². The minimum atomic E-state index is -0.0330. The van der Waals surface area contributed by atoms with Gasteiger partial charge in [0.05, 0.1) is 6.04 Å². The van der Waals surface area contributed by atoms with Crippen LogP contribution in [0.3, 0.4) is 0 Å². The molecule has 2 aliphatic carbocycles. The van der Waals surface area contributed by atoms with Gasteiger partial charge in [-0.1, -0.05) is 43.2 Å². The molecule has 0 unspecified atom stereocenters. The number of hydrogen-bond donors (Lipinski definition) is 0. The quantitative estimate of drug-likeness (QED) is 0.759. The maximum atomic E-state index is 13.5. The summed E-state index contributed by atoms with van der Waals surface area (Å²) in [6.45, 7) is 3.85. The minimum absolute atomic E-state index is 0.0330. The Morgan fingerprint density at radius 1 is 1.00 bits per heavy atom. The molecule has 5 nitrogen and oxygen atoms in total. The molecule has 2 amide bonds. The van der Waals surface area contributed by atoms with Crippen molar-refractivity contribution in [2.24, 2.45) is 11.8 Å². The number of nitrogens with zero attached hydrogens (tertiary/aromatic N) is 3. The number of amides is 2. The Kier molecular flexibility index (Phi) is 6.00. The highest BCUT2D eigenvalue weighted by molar-refractivity contribution is 5.83. The molecule has 0 bridgehead atoms. The van der Waals surface area contributed by atoms with E-state index in [1.165, 1.54) is 18.4 Å². The van der Waals surface area contributed by atoms with Crippen LogP contribution in [0.15, 0.2) is 30.3 Å². The first-order valence-electron chi connectivity index (χ1n) is 10.9. The summed E-state index contributed by atoms with van der Waals surface area (Å²) in [6, 6.07) is 10.2. The number of likely N-dealkylation sites (N-methyl/N-ethyl adjacent to an activating group) is 1. The van der Waals surface area contributed by atoms with Gasteiger partial charge in [0.25, 0.3) is 0 Å². The van der Waals surface area contributed by atoms with Crippen molar-refractivity contribution in [3.05, 3.63) is 35.9 Å². The highest BCUT2D eigenvalue weighted by Crippen LogP contribution is 2.34. The van der Waals surface area contributed by atoms with Gasteiger partial charge in [-0.05, 0) is 37.2 Å². The molecular weight excluding hydrogens is 350 g/mol. The number of hydrogen-bond acceptors (Lipinski definition) is 3. The molecular formula is C23H33N3O2. The predicted octanol–water partition coefficient (Wildman–Crippen LogP) is 2.76. The zero-order valence-electron chi connectivity index (χ0n) is 17.1. The molecule has 152 valence electrons. The van der Waals surface area contributed by atoms with Crippen LogP contribution in [0.4, 0.5) is 0 Å². The van der Waals surface area contributed by atoms with Gasteiger partial charge in [0, 0.05) is 45.7 Å². The molecule has 1 atom stereocenters. The van der Waals surface area contributed by atoms with E-state index in [9.17, 15) is 9.59 Å². The standard InChI is InChI=1S/C23H33N3O2/c1-24(17-18-7-3-2-4-8-18)23(28)21(19-9-5-6-10-19)25-13-15-26(16-14-25)22(27)20-11-12-20/h2-4,7-8,19-21H,5-6,9-17H2,1H3/t21-/m1/s1. The van der Waals surface area contributed by atoms with Crippen LogP contribution >= 0.6 is 0 Å². The summed E-state index contributed by atoms with van der Waals surface area (Å²) in [5.74, 6) is 1.33. The Morgan fingerprint density at radius 3 is 2.25 bits per heavy atom. The van der Waals surface area contributed by atoms with Gasteiger partial charge in [0.2, 0.25) is 11.8 Å². The summed E-state index contributed by atoms with van der Waals surface area (Å²) in [4.78, 5) is 32.1. The Bertz CT molecular complexity index is 674. The first-order chi connectivity index (χ1) is 13.6. The van der Waals surface area contributed by atoms with E-state index in [2.05, 4.69) is 17.0 Å². The fourth-order valence-electron chi connectivity index (χ4n) is 4.90. The van der Waals surface area contributed by atoms with Gasteiger partial charge in [0.15, 0.2) is 0 Å². The Hall–Kier alpha value is -1.88. The smallest absolute Gasteiger partial charge is 0.240 e. The predicted molar refractivity (Wildman–Crippen MR) is 110 cm³/mol. The third kappa shape index (κ3) is 4.40. The van der Waals surface area contributed by atoms with Crippen LogP contribution in [0.25, 0.3) is 0 Å². The van der Waals surface area contributed by atoms with Crippen molar-refractivity contribution in [1.82, 2.24) is 14.7 Å². The maximum Gasteiger partial charge on any atom is 0.240 e. The first-order valence-corrected chi connectivity index (χ1v) is 10.9. The van der Waals surface area contributed by atoms with Gasteiger partial charge >= 0.3 is 0 Å². The molecule has 5 heteroatoms. The number of rotatable bonds is 6. The summed E-state index contributed by atoms with van der Waals surface area (Å²) in [6.07, 6.45) is 6.89. The average molecular weight is 384 g/mol. The lowest BCUT2D eigenvalue weighted by Crippen LogP contribution is -2.58. The molecule has 1 saturated heterocycles. The van der Waals surface area contributed by atoms with E-state index < -0.39 is 0 Å². The van der Waals surface area contributed by atoms with Crippen molar-refractivity contribution in [1.29, 1.82) is 0 Å². The topological polar surface area (TPSA) is 43.9 Å². The molecule has 1 heterocycles. The Morgan fingerprint density at radius 2 is 1.64 bits per heavy atom. The Labute approximate surface area is 168 Å². The summed E-state index contributed by atoms with van der Waals surface area (Å²) in [5, 5.41) is 0. The van der Waals surface area contributed by atoms with E-state index in [4.69, 9.17) is 0 Å². The minimum Gasteiger partial charge on any atom is -0.340 e. The van der Waals surface area contributed by atoms with Gasteiger partial charge in [-0.2, -0.15) is 0 Å². The van der Waals surface area contributed by atoms with Crippen LogP contribution in [0, 0.1) is 11.8 Å². The molecule has 1 aromatic rings. The van der Waals surface area contributed by atoms with Crippen molar-refractivity contribution < 1.29 is 9.59 Å². The molecule has 4 rings (SSSR count). The number of benzene rings is 1. The highest BCUT2D eigenvalue weighted by Gasteiger charge is 2.40. The van der Waals surface area contributed by atoms with E-state index >= 15 is 0 Å². The van der Waals surface area contributed by atoms with Crippen LogP contribution in [-0.4, -0.2) is 65.8 Å². The average Bonchev–Trinajstić information content (AvgIpc) is 3.44. The Balaban J connectivity index is 1.41. The largest absolute Gasteiger partial charge is 0.340 e. The summed E-state index contributed by atoms with van der Waals surface area (Å²) < 4.78 is 0. The highest BCUT2D eigenvalue weighted by atomic mass is 16.2. The van der Waals surface area contributed by atoms with Gasteiger partial charge in [-0.15, -0.1) is 0 Å². The second-order valence-corrected chi connectivity index (χ2v) is 8.80. The van der Waals surface area contributed by atoms with E-state index in [0.717, 1.165) is 51.9 Å². The molecule has 1 aliphatic heterocycles. The number of piperazine rings is 1. The van der Waals surface area contributed by atoms with Gasteiger partial charge < -0.3 is 9.80 Å². The van der Waals surface area contributed by atoms with Crippen molar-refractivity contribution in [3.8, 4) is 0 Å². The van der Waals surface area contributed by atoms with Crippen LogP contribution in [0.1, 0.15) is 44.1 Å². The monoisotopic (exact) mass is 383 g/mol. The third-order valence-corrected chi connectivity index (χ3v) is 6.68. The second kappa shape index (κ2) is 8.64. The molecule has 2 saturated carbocycles. The normalized spacial score (nSPS) is 22.2. The lowest BCUT2D eigenvalue weighted by atomic mass is 9.94. The van der Waals surface area contributed by atoms with Gasteiger partial charge in [-0.25, -0.2) is 0 Å². The number of carbonyl (C=O) groups excluding carboxylic acids is 2. The summed E-state index contributed by atoms with van der Waals surface area (Å²) in [7, 11) is 1.93. The fraction of sp³-hybridized carbons (Fsp3) is 0.652. The first kappa shape index (κ1) is 19.4. The molecule has 3 fully saturated rings. The van der Waals surface area contributed by atoms with Crippen LogP contribution in [0.5, 0.6) is 0 Å². The fourth-order valence-corrected chi connectivity index (χ4v) is 4.90. The van der Waals surface area contributed by atoms with Crippen molar-refractivity contribution in [2.75, 3.05) is 33.2 Å². The van der Waals surface area contributed by atoms with Crippen LogP contribution < -0.4 is 0 Å². The zero-order chi connectivity index (χ0) is 19.5. The molecule has 0 aromatic heterocycles. The van der Waals surface area contributed by atoms with E-state index in [-0.39, 0.29) is 17.9 Å². The van der Waals surface area contributed by atoms with Crippen molar-refractivity contribution in [3.63, 3.8) is 0 Å². The van der Waals surface area contributed by atoms with Crippen molar-refractivity contribution >= 4 is 11.8 Å². The van der Waals surface area contributed by atoms with Gasteiger partial charge in [-0.3, -0.25) is 14.5 Å².